The smallest absolute Gasteiger partial charge is 0.157 e. The Kier molecular flexibility index (Phi) is 1.17. The maximum absolute atomic E-state index is 13.0. The van der Waals surface area contributed by atoms with E-state index >= 15 is 0 Å². The predicted molar refractivity (Wildman–Crippen MR) is 65.7 cm³/mol. The molecule has 1 fully saturated rings. The van der Waals surface area contributed by atoms with Gasteiger partial charge in [0.15, 0.2) is 5.78 Å². The summed E-state index contributed by atoms with van der Waals surface area (Å²) in [7, 11) is 0. The van der Waals surface area contributed by atoms with Crippen molar-refractivity contribution in [2.24, 2.45) is 0 Å². The summed E-state index contributed by atoms with van der Waals surface area (Å²) in [6, 6.07) is -3.28. The molecule has 0 amide bonds. The van der Waals surface area contributed by atoms with Gasteiger partial charge in [-0.3, -0.25) is 4.79 Å². The van der Waals surface area contributed by atoms with Gasteiger partial charge in [0.05, 0.1) is 5.48 Å². The number of hydrogen-bond donors (Lipinski definition) is 1. The minimum absolute atomic E-state index is 0.522. The van der Waals surface area contributed by atoms with E-state index in [0.29, 0.717) is 0 Å². The molecule has 1 saturated carbocycles. The van der Waals surface area contributed by atoms with Crippen LogP contribution in [-0.2, 0) is 10.3 Å². The van der Waals surface area contributed by atoms with Crippen LogP contribution in [0.3, 0.4) is 0 Å². The van der Waals surface area contributed by atoms with E-state index in [1.54, 1.807) is 0 Å². The van der Waals surface area contributed by atoms with Gasteiger partial charge in [0, 0.05) is 21.0 Å². The molecular weight excluding hydrogens is 222 g/mol. The Bertz CT molecular complexity index is 777. The molecule has 1 aromatic carbocycles. The Morgan fingerprint density at radius 1 is 1.56 bits per heavy atom. The van der Waals surface area contributed by atoms with E-state index in [-0.39, 0.29) is 0 Å². The summed E-state index contributed by atoms with van der Waals surface area (Å²) < 4.78 is 86.2. The van der Waals surface area contributed by atoms with E-state index in [1.165, 1.54) is 0 Å². The number of halogens is 1. The predicted octanol–water partition coefficient (Wildman–Crippen LogP) is 2.90. The Morgan fingerprint density at radius 3 is 3.19 bits per heavy atom. The second-order valence-electron chi connectivity index (χ2n) is 3.25. The van der Waals surface area contributed by atoms with Gasteiger partial charge < -0.3 is 5.32 Å². The van der Waals surface area contributed by atoms with Crippen LogP contribution < -0.4 is 5.32 Å². The van der Waals surface area contributed by atoms with Gasteiger partial charge in [-0.2, -0.15) is 0 Å². The Hall–Kier alpha value is -0.860. The Labute approximate surface area is 116 Å². The summed E-state index contributed by atoms with van der Waals surface area (Å²) in [5, 5.41) is 1.10. The topological polar surface area (TPSA) is 29.1 Å². The normalized spacial score (nSPS) is 42.8. The van der Waals surface area contributed by atoms with Crippen LogP contribution in [0, 0.1) is 0 Å². The number of carbonyl (C=O) groups is 1. The molecule has 1 unspecified atom stereocenters. The fourth-order valence-electron chi connectivity index (χ4n) is 1.56. The summed E-state index contributed by atoms with van der Waals surface area (Å²) >= 11 is 6.04. The largest absolute Gasteiger partial charge is 0.304 e. The van der Waals surface area contributed by atoms with Gasteiger partial charge in [0.25, 0.3) is 0 Å². The van der Waals surface area contributed by atoms with Crippen LogP contribution >= 0.6 is 11.6 Å². The fourth-order valence-corrected chi connectivity index (χ4v) is 1.80. The molecule has 0 radical (unpaired) electrons. The molecule has 1 atom stereocenters. The highest BCUT2D eigenvalue weighted by Crippen LogP contribution is 2.37. The van der Waals surface area contributed by atoms with Crippen molar-refractivity contribution in [2.75, 3.05) is 6.98 Å². The molecule has 0 aromatic heterocycles. The second kappa shape index (κ2) is 4.56. The molecule has 0 spiro atoms. The average molecular weight is 249 g/mol. The van der Waals surface area contributed by atoms with Gasteiger partial charge in [0.1, 0.15) is 5.54 Å². The minimum Gasteiger partial charge on any atom is -0.304 e. The first-order valence-electron chi connectivity index (χ1n) is 10.1. The van der Waals surface area contributed by atoms with E-state index in [4.69, 9.17) is 26.7 Å². The first-order chi connectivity index (χ1) is 12.0. The SMILES string of the molecule is [2H]c1c([2H])c([2H])c(C2(NC([2H])([2H])[2H])C(=O)C([2H])([2H])CCC2([2H])[2H])c(Cl)c1[2H]. The quantitative estimate of drug-likeness (QED) is 0.872. The lowest BCUT2D eigenvalue weighted by atomic mass is 9.75. The molecule has 0 bridgehead atoms. The Balaban J connectivity index is 3.03. The van der Waals surface area contributed by atoms with Crippen LogP contribution in [0.5, 0.6) is 0 Å². The van der Waals surface area contributed by atoms with E-state index < -0.39 is 78.6 Å². The van der Waals surface area contributed by atoms with Crippen molar-refractivity contribution in [1.82, 2.24) is 5.32 Å². The third kappa shape index (κ3) is 1.76. The zero-order valence-corrected chi connectivity index (χ0v) is 8.96. The van der Waals surface area contributed by atoms with E-state index in [0.717, 1.165) is 0 Å². The van der Waals surface area contributed by atoms with Crippen LogP contribution in [0.1, 0.15) is 46.2 Å². The monoisotopic (exact) mass is 248 g/mol. The van der Waals surface area contributed by atoms with Crippen molar-refractivity contribution in [3.8, 4) is 0 Å². The van der Waals surface area contributed by atoms with Gasteiger partial charge in [-0.25, -0.2) is 0 Å². The molecule has 16 heavy (non-hydrogen) atoms. The van der Waals surface area contributed by atoms with Crippen molar-refractivity contribution < 1.29 is 19.9 Å². The number of likely N-dealkylation sites (N-methyl/N-ethyl adjacent to an activating group) is 1. The number of nitrogens with one attached hydrogen (secondary N) is 1. The fraction of sp³-hybridized carbons (Fsp3) is 0.462. The number of benzene rings is 1. The Morgan fingerprint density at radius 2 is 2.38 bits per heavy atom. The summed E-state index contributed by atoms with van der Waals surface area (Å²) in [5.41, 5.74) is -3.75. The highest BCUT2D eigenvalue weighted by atomic mass is 35.5. The zero-order chi connectivity index (χ0) is 21.2. The molecule has 2 rings (SSSR count). The third-order valence-electron chi connectivity index (χ3n) is 2.35. The summed E-state index contributed by atoms with van der Waals surface area (Å²) in [4.78, 5) is 13.0. The van der Waals surface area contributed by atoms with Gasteiger partial charge >= 0.3 is 0 Å². The van der Waals surface area contributed by atoms with Gasteiger partial charge in [-0.05, 0) is 31.4 Å². The third-order valence-corrected chi connectivity index (χ3v) is 2.63. The summed E-state index contributed by atoms with van der Waals surface area (Å²) in [5.74, 6) is -1.49. The minimum atomic E-state index is -3.14. The molecule has 0 saturated heterocycles. The molecule has 1 aliphatic carbocycles. The molecule has 0 heterocycles. The van der Waals surface area contributed by atoms with Crippen LogP contribution in [0.25, 0.3) is 0 Å². The molecule has 1 aliphatic rings. The number of rotatable bonds is 2. The van der Waals surface area contributed by atoms with Crippen LogP contribution in [-0.4, -0.2) is 12.8 Å². The van der Waals surface area contributed by atoms with Crippen molar-refractivity contribution in [3.63, 3.8) is 0 Å². The summed E-state index contributed by atoms with van der Waals surface area (Å²) in [6.45, 7) is -3.14. The first-order valence-corrected chi connectivity index (χ1v) is 4.98. The number of ketones is 1. The van der Waals surface area contributed by atoms with Gasteiger partial charge in [-0.15, -0.1) is 0 Å². The maximum atomic E-state index is 13.0. The highest BCUT2D eigenvalue weighted by molar-refractivity contribution is 6.31. The molecule has 86 valence electrons. The molecular formula is C13H16ClNO. The van der Waals surface area contributed by atoms with Gasteiger partial charge in [0.2, 0.25) is 0 Å². The lowest BCUT2D eigenvalue weighted by molar-refractivity contribution is -0.127. The highest BCUT2D eigenvalue weighted by Gasteiger charge is 2.40. The zero-order valence-electron chi connectivity index (χ0n) is 19.2. The standard InChI is InChI=1S/C13H16ClNO/c1-15-13(9-5-4-8-12(13)16)10-6-2-3-7-11(10)14/h2-3,6-7,15H,4-5,8-9H2,1H3/i1D3,2D,3D,6D,7D,8D2,9D2. The van der Waals surface area contributed by atoms with Crippen molar-refractivity contribution in [3.05, 3.63) is 34.8 Å². The van der Waals surface area contributed by atoms with Crippen molar-refractivity contribution in [2.45, 2.75) is 31.1 Å². The number of carbonyl (C=O) groups excluding carboxylic acids is 1. The van der Waals surface area contributed by atoms with Crippen LogP contribution in [0.2, 0.25) is 5.02 Å². The summed E-state index contributed by atoms with van der Waals surface area (Å²) in [6.07, 6.45) is -6.43. The van der Waals surface area contributed by atoms with Crippen LogP contribution in [0.15, 0.2) is 24.2 Å². The average Bonchev–Trinajstić information content (AvgIpc) is 2.52. The van der Waals surface area contributed by atoms with Crippen molar-refractivity contribution in [1.29, 1.82) is 0 Å². The van der Waals surface area contributed by atoms with E-state index in [2.05, 4.69) is 0 Å². The van der Waals surface area contributed by atoms with E-state index in [1.807, 2.05) is 5.32 Å². The molecule has 1 N–H and O–H groups in total. The first kappa shape index (κ1) is 4.11. The molecule has 0 aliphatic heterocycles. The number of hydrogen-bond acceptors (Lipinski definition) is 2. The lowest BCUT2D eigenvalue weighted by Crippen LogP contribution is -2.49. The maximum Gasteiger partial charge on any atom is 0.157 e. The second-order valence-corrected chi connectivity index (χ2v) is 3.62. The molecule has 3 heteroatoms. The van der Waals surface area contributed by atoms with Crippen LogP contribution in [0.4, 0.5) is 0 Å². The number of Topliss-reactive ketones (excluding diaryl/α,β-unsaturated/α-hetero) is 1. The molecule has 1 aromatic rings. The van der Waals surface area contributed by atoms with E-state index in [9.17, 15) is 4.79 Å². The van der Waals surface area contributed by atoms with Crippen molar-refractivity contribution >= 4 is 17.4 Å². The molecule has 2 nitrogen and oxygen atoms in total. The lowest BCUT2D eigenvalue weighted by Gasteiger charge is -2.36. The van der Waals surface area contributed by atoms with Gasteiger partial charge in [-0.1, -0.05) is 36.1 Å².